The van der Waals surface area contributed by atoms with E-state index in [1.165, 1.54) is 18.4 Å². The van der Waals surface area contributed by atoms with Crippen LogP contribution in [0.25, 0.3) is 0 Å². The first-order chi connectivity index (χ1) is 9.29. The summed E-state index contributed by atoms with van der Waals surface area (Å²) in [6.45, 7) is 1.52. The molecule has 0 amide bonds. The van der Waals surface area contributed by atoms with Crippen LogP contribution >= 0.6 is 27.3 Å². The highest BCUT2D eigenvalue weighted by atomic mass is 79.9. The Bertz CT molecular complexity index is 521. The van der Waals surface area contributed by atoms with E-state index in [1.807, 2.05) is 6.07 Å². The van der Waals surface area contributed by atoms with Gasteiger partial charge in [0.25, 0.3) is 0 Å². The molecular formula is C14H17BrN2OS. The van der Waals surface area contributed by atoms with Gasteiger partial charge in [0.1, 0.15) is 5.76 Å². The standard InChI is InChI=1S/C14H17BrN2OS/c15-12-3-5-18-14(12)13(7-16)17(11-1-2-11)8-10-4-6-19-9-10/h3-6,9,11,13H,1-2,7-8,16H2. The summed E-state index contributed by atoms with van der Waals surface area (Å²) in [5, 5.41) is 4.33. The van der Waals surface area contributed by atoms with E-state index < -0.39 is 0 Å². The molecule has 1 unspecified atom stereocenters. The fraction of sp³-hybridized carbons (Fsp3) is 0.429. The van der Waals surface area contributed by atoms with E-state index in [2.05, 4.69) is 37.7 Å². The minimum absolute atomic E-state index is 0.150. The van der Waals surface area contributed by atoms with Crippen molar-refractivity contribution in [1.82, 2.24) is 4.90 Å². The minimum atomic E-state index is 0.150. The highest BCUT2D eigenvalue weighted by molar-refractivity contribution is 9.10. The van der Waals surface area contributed by atoms with Gasteiger partial charge in [-0.2, -0.15) is 11.3 Å². The maximum atomic E-state index is 6.01. The molecule has 1 saturated carbocycles. The first-order valence-electron chi connectivity index (χ1n) is 6.49. The molecule has 3 rings (SSSR count). The Morgan fingerprint density at radius 2 is 2.32 bits per heavy atom. The van der Waals surface area contributed by atoms with Crippen LogP contribution in [0.1, 0.15) is 30.2 Å². The Hall–Kier alpha value is -0.620. The number of hydrogen-bond acceptors (Lipinski definition) is 4. The molecule has 0 aromatic carbocycles. The average molecular weight is 341 g/mol. The second kappa shape index (κ2) is 5.79. The van der Waals surface area contributed by atoms with Crippen LogP contribution in [0.4, 0.5) is 0 Å². The smallest absolute Gasteiger partial charge is 0.136 e. The summed E-state index contributed by atoms with van der Waals surface area (Å²) in [7, 11) is 0. The predicted molar refractivity (Wildman–Crippen MR) is 81.1 cm³/mol. The number of nitrogens with two attached hydrogens (primary N) is 1. The summed E-state index contributed by atoms with van der Waals surface area (Å²) in [5.74, 6) is 0.949. The summed E-state index contributed by atoms with van der Waals surface area (Å²) < 4.78 is 6.64. The molecule has 2 heterocycles. The van der Waals surface area contributed by atoms with Crippen LogP contribution in [0.15, 0.2) is 38.0 Å². The van der Waals surface area contributed by atoms with Gasteiger partial charge in [-0.05, 0) is 57.2 Å². The average Bonchev–Trinajstić information content (AvgIpc) is 2.97. The Morgan fingerprint density at radius 1 is 1.47 bits per heavy atom. The lowest BCUT2D eigenvalue weighted by molar-refractivity contribution is 0.160. The van der Waals surface area contributed by atoms with E-state index in [-0.39, 0.29) is 6.04 Å². The molecule has 0 bridgehead atoms. The zero-order chi connectivity index (χ0) is 13.2. The molecule has 0 spiro atoms. The van der Waals surface area contributed by atoms with Crippen LogP contribution in [-0.2, 0) is 6.54 Å². The van der Waals surface area contributed by atoms with Crippen molar-refractivity contribution in [1.29, 1.82) is 0 Å². The van der Waals surface area contributed by atoms with Gasteiger partial charge in [-0.15, -0.1) is 0 Å². The molecule has 19 heavy (non-hydrogen) atoms. The Labute approximate surface area is 125 Å². The van der Waals surface area contributed by atoms with Crippen molar-refractivity contribution in [2.45, 2.75) is 31.5 Å². The monoisotopic (exact) mass is 340 g/mol. The van der Waals surface area contributed by atoms with Gasteiger partial charge >= 0.3 is 0 Å². The zero-order valence-electron chi connectivity index (χ0n) is 10.6. The predicted octanol–water partition coefficient (Wildman–Crippen LogP) is 3.77. The molecule has 0 saturated heterocycles. The number of rotatable bonds is 6. The molecule has 1 aliphatic carbocycles. The van der Waals surface area contributed by atoms with Crippen molar-refractivity contribution in [2.75, 3.05) is 6.54 Å². The molecule has 102 valence electrons. The molecular weight excluding hydrogens is 324 g/mol. The lowest BCUT2D eigenvalue weighted by atomic mass is 10.1. The fourth-order valence-electron chi connectivity index (χ4n) is 2.43. The van der Waals surface area contributed by atoms with Gasteiger partial charge in [-0.25, -0.2) is 0 Å². The maximum absolute atomic E-state index is 6.01. The van der Waals surface area contributed by atoms with Crippen molar-refractivity contribution in [2.24, 2.45) is 5.73 Å². The molecule has 2 aromatic heterocycles. The van der Waals surface area contributed by atoms with E-state index in [9.17, 15) is 0 Å². The highest BCUT2D eigenvalue weighted by Crippen LogP contribution is 2.38. The number of nitrogens with zero attached hydrogens (tertiary/aromatic N) is 1. The topological polar surface area (TPSA) is 42.4 Å². The van der Waals surface area contributed by atoms with Crippen molar-refractivity contribution < 1.29 is 4.42 Å². The Morgan fingerprint density at radius 3 is 2.84 bits per heavy atom. The Kier molecular flexibility index (Phi) is 4.07. The number of furan rings is 1. The Balaban J connectivity index is 1.83. The van der Waals surface area contributed by atoms with Gasteiger partial charge in [-0.1, -0.05) is 0 Å². The summed E-state index contributed by atoms with van der Waals surface area (Å²) in [6.07, 6.45) is 4.25. The van der Waals surface area contributed by atoms with Crippen LogP contribution < -0.4 is 5.73 Å². The van der Waals surface area contributed by atoms with Gasteiger partial charge in [0, 0.05) is 19.1 Å². The van der Waals surface area contributed by atoms with Crippen LogP contribution in [-0.4, -0.2) is 17.5 Å². The van der Waals surface area contributed by atoms with Crippen molar-refractivity contribution in [3.8, 4) is 0 Å². The number of hydrogen-bond donors (Lipinski definition) is 1. The zero-order valence-corrected chi connectivity index (χ0v) is 13.0. The van der Waals surface area contributed by atoms with Crippen molar-refractivity contribution in [3.05, 3.63) is 45.0 Å². The molecule has 1 atom stereocenters. The molecule has 1 aliphatic rings. The first kappa shape index (κ1) is 13.4. The van der Waals surface area contributed by atoms with E-state index in [0.717, 1.165) is 16.8 Å². The molecule has 1 fully saturated rings. The van der Waals surface area contributed by atoms with Gasteiger partial charge < -0.3 is 10.2 Å². The lowest BCUT2D eigenvalue weighted by Crippen LogP contribution is -2.35. The van der Waals surface area contributed by atoms with Crippen LogP contribution in [0.5, 0.6) is 0 Å². The first-order valence-corrected chi connectivity index (χ1v) is 8.23. The van der Waals surface area contributed by atoms with Crippen molar-refractivity contribution >= 4 is 27.3 Å². The third kappa shape index (κ3) is 2.94. The summed E-state index contributed by atoms with van der Waals surface area (Å²) in [6, 6.07) is 4.92. The highest BCUT2D eigenvalue weighted by Gasteiger charge is 2.36. The maximum Gasteiger partial charge on any atom is 0.136 e. The molecule has 0 aliphatic heterocycles. The normalized spacial score (nSPS) is 17.0. The second-order valence-electron chi connectivity index (χ2n) is 4.92. The molecule has 0 radical (unpaired) electrons. The lowest BCUT2D eigenvalue weighted by Gasteiger charge is -2.29. The summed E-state index contributed by atoms with van der Waals surface area (Å²) >= 11 is 5.29. The third-order valence-corrected chi connectivity index (χ3v) is 4.92. The van der Waals surface area contributed by atoms with Crippen LogP contribution in [0.2, 0.25) is 0 Å². The second-order valence-corrected chi connectivity index (χ2v) is 6.55. The minimum Gasteiger partial charge on any atom is -0.466 e. The quantitative estimate of drug-likeness (QED) is 0.870. The van der Waals surface area contributed by atoms with Crippen LogP contribution in [0, 0.1) is 0 Å². The molecule has 5 heteroatoms. The fourth-order valence-corrected chi connectivity index (χ4v) is 3.56. The van der Waals surface area contributed by atoms with Gasteiger partial charge in [-0.3, -0.25) is 4.90 Å². The number of halogens is 1. The summed E-state index contributed by atoms with van der Waals surface area (Å²) in [4.78, 5) is 2.48. The van der Waals surface area contributed by atoms with E-state index in [4.69, 9.17) is 10.2 Å². The molecule has 2 aromatic rings. The van der Waals surface area contributed by atoms with Gasteiger partial charge in [0.15, 0.2) is 0 Å². The SMILES string of the molecule is NCC(c1occc1Br)N(Cc1ccsc1)C1CC1. The van der Waals surface area contributed by atoms with Crippen molar-refractivity contribution in [3.63, 3.8) is 0 Å². The van der Waals surface area contributed by atoms with Gasteiger partial charge in [0.2, 0.25) is 0 Å². The third-order valence-electron chi connectivity index (χ3n) is 3.53. The molecule has 3 nitrogen and oxygen atoms in total. The van der Waals surface area contributed by atoms with E-state index in [0.29, 0.717) is 12.6 Å². The summed E-state index contributed by atoms with van der Waals surface area (Å²) in [5.41, 5.74) is 7.37. The number of thiophene rings is 1. The molecule has 2 N–H and O–H groups in total. The van der Waals surface area contributed by atoms with E-state index in [1.54, 1.807) is 17.6 Å². The van der Waals surface area contributed by atoms with Crippen LogP contribution in [0.3, 0.4) is 0 Å². The van der Waals surface area contributed by atoms with E-state index >= 15 is 0 Å². The largest absolute Gasteiger partial charge is 0.466 e. The van der Waals surface area contributed by atoms with Gasteiger partial charge in [0.05, 0.1) is 16.8 Å².